The number of rotatable bonds is 3. The Bertz CT molecular complexity index is 337. The van der Waals surface area contributed by atoms with E-state index < -0.39 is 0 Å². The second kappa shape index (κ2) is 4.45. The van der Waals surface area contributed by atoms with E-state index >= 15 is 0 Å². The van der Waals surface area contributed by atoms with Crippen LogP contribution in [-0.2, 0) is 11.3 Å². The van der Waals surface area contributed by atoms with E-state index in [0.29, 0.717) is 18.9 Å². The fourth-order valence-corrected chi connectivity index (χ4v) is 1.97. The van der Waals surface area contributed by atoms with Gasteiger partial charge in [-0.25, -0.2) is 0 Å². The summed E-state index contributed by atoms with van der Waals surface area (Å²) in [6, 6.07) is 10.1. The van der Waals surface area contributed by atoms with Crippen molar-refractivity contribution in [2.75, 3.05) is 13.1 Å². The van der Waals surface area contributed by atoms with Crippen molar-refractivity contribution >= 4 is 5.91 Å². The quantitative estimate of drug-likeness (QED) is 0.798. The van der Waals surface area contributed by atoms with E-state index in [1.807, 2.05) is 35.2 Å². The van der Waals surface area contributed by atoms with Crippen LogP contribution in [0.4, 0.5) is 0 Å². The van der Waals surface area contributed by atoms with Crippen LogP contribution in [0.1, 0.15) is 12.0 Å². The van der Waals surface area contributed by atoms with Gasteiger partial charge in [0.25, 0.3) is 0 Å². The van der Waals surface area contributed by atoms with Gasteiger partial charge in [-0.1, -0.05) is 30.3 Å². The number of carbonyl (C=O) groups excluding carboxylic acids is 1. The van der Waals surface area contributed by atoms with Crippen LogP contribution < -0.4 is 5.73 Å². The molecule has 2 rings (SSSR count). The first kappa shape index (κ1) is 10.2. The number of benzene rings is 1. The van der Waals surface area contributed by atoms with E-state index in [-0.39, 0.29) is 5.91 Å². The van der Waals surface area contributed by atoms with Gasteiger partial charge < -0.3 is 10.6 Å². The van der Waals surface area contributed by atoms with E-state index in [1.165, 1.54) is 5.56 Å². The molecule has 0 spiro atoms. The summed E-state index contributed by atoms with van der Waals surface area (Å²) >= 11 is 0. The lowest BCUT2D eigenvalue weighted by atomic mass is 10.1. The summed E-state index contributed by atoms with van der Waals surface area (Å²) in [7, 11) is 0. The maximum atomic E-state index is 11.6. The molecule has 0 bridgehead atoms. The van der Waals surface area contributed by atoms with Crippen LogP contribution in [0.3, 0.4) is 0 Å². The molecule has 1 atom stereocenters. The van der Waals surface area contributed by atoms with Crippen molar-refractivity contribution in [3.8, 4) is 0 Å². The second-order valence-corrected chi connectivity index (χ2v) is 4.07. The molecule has 1 aliphatic rings. The first-order chi connectivity index (χ1) is 7.29. The van der Waals surface area contributed by atoms with Crippen LogP contribution in [0.15, 0.2) is 30.3 Å². The minimum atomic E-state index is 0.231. The molecule has 1 amide bonds. The lowest BCUT2D eigenvalue weighted by Crippen LogP contribution is -2.25. The van der Waals surface area contributed by atoms with Gasteiger partial charge in [0.1, 0.15) is 0 Å². The van der Waals surface area contributed by atoms with Crippen LogP contribution >= 0.6 is 0 Å². The van der Waals surface area contributed by atoms with Crippen LogP contribution in [0, 0.1) is 5.92 Å². The Morgan fingerprint density at radius 1 is 1.33 bits per heavy atom. The minimum absolute atomic E-state index is 0.231. The zero-order valence-corrected chi connectivity index (χ0v) is 8.73. The molecule has 0 radical (unpaired) electrons. The molecule has 15 heavy (non-hydrogen) atoms. The molecule has 0 aromatic heterocycles. The number of nitrogens with two attached hydrogens (primary N) is 1. The second-order valence-electron chi connectivity index (χ2n) is 4.07. The maximum Gasteiger partial charge on any atom is 0.223 e. The summed E-state index contributed by atoms with van der Waals surface area (Å²) in [5, 5.41) is 0. The Hall–Kier alpha value is -1.35. The summed E-state index contributed by atoms with van der Waals surface area (Å²) in [6.45, 7) is 2.14. The van der Waals surface area contributed by atoms with Gasteiger partial charge in [0.15, 0.2) is 0 Å². The first-order valence-electron chi connectivity index (χ1n) is 5.31. The summed E-state index contributed by atoms with van der Waals surface area (Å²) in [6.07, 6.45) is 0.614. The van der Waals surface area contributed by atoms with E-state index in [9.17, 15) is 4.79 Å². The lowest BCUT2D eigenvalue weighted by molar-refractivity contribution is -0.128. The Labute approximate surface area is 89.9 Å². The van der Waals surface area contributed by atoms with Gasteiger partial charge in [-0.05, 0) is 18.0 Å². The highest BCUT2D eigenvalue weighted by molar-refractivity contribution is 5.78. The zero-order valence-electron chi connectivity index (χ0n) is 8.73. The van der Waals surface area contributed by atoms with E-state index in [2.05, 4.69) is 0 Å². The molecular formula is C12H16N2O. The van der Waals surface area contributed by atoms with Gasteiger partial charge in [-0.15, -0.1) is 0 Å². The monoisotopic (exact) mass is 204 g/mol. The molecule has 1 saturated heterocycles. The minimum Gasteiger partial charge on any atom is -0.338 e. The third-order valence-corrected chi connectivity index (χ3v) is 2.84. The van der Waals surface area contributed by atoms with Gasteiger partial charge >= 0.3 is 0 Å². The summed E-state index contributed by atoms with van der Waals surface area (Å²) < 4.78 is 0. The highest BCUT2D eigenvalue weighted by atomic mass is 16.2. The Morgan fingerprint density at radius 3 is 2.67 bits per heavy atom. The number of hydrogen-bond acceptors (Lipinski definition) is 2. The molecule has 2 N–H and O–H groups in total. The molecule has 1 aromatic rings. The fraction of sp³-hybridized carbons (Fsp3) is 0.417. The SMILES string of the molecule is NCC1CC(=O)N(Cc2ccccc2)C1. The normalized spacial score (nSPS) is 21.0. The molecule has 80 valence electrons. The fourth-order valence-electron chi connectivity index (χ4n) is 1.97. The lowest BCUT2D eigenvalue weighted by Gasteiger charge is -2.16. The van der Waals surface area contributed by atoms with Gasteiger partial charge in [-0.3, -0.25) is 4.79 Å². The maximum absolute atomic E-state index is 11.6. The summed E-state index contributed by atoms with van der Waals surface area (Å²) in [5.41, 5.74) is 6.76. The molecule has 1 aromatic carbocycles. The van der Waals surface area contributed by atoms with Crippen molar-refractivity contribution in [2.24, 2.45) is 11.7 Å². The number of hydrogen-bond donors (Lipinski definition) is 1. The molecule has 0 aliphatic carbocycles. The molecule has 1 heterocycles. The average molecular weight is 204 g/mol. The standard InChI is InChI=1S/C12H16N2O/c13-7-11-6-12(15)14(9-11)8-10-4-2-1-3-5-10/h1-5,11H,6-9,13H2. The van der Waals surface area contributed by atoms with Crippen LogP contribution in [0.25, 0.3) is 0 Å². The van der Waals surface area contributed by atoms with E-state index in [4.69, 9.17) is 5.73 Å². The van der Waals surface area contributed by atoms with Crippen molar-refractivity contribution < 1.29 is 4.79 Å². The van der Waals surface area contributed by atoms with Crippen molar-refractivity contribution in [1.82, 2.24) is 4.90 Å². The van der Waals surface area contributed by atoms with Crippen LogP contribution in [-0.4, -0.2) is 23.9 Å². The number of carbonyl (C=O) groups is 1. The van der Waals surface area contributed by atoms with Crippen molar-refractivity contribution in [1.29, 1.82) is 0 Å². The molecule has 1 fully saturated rings. The van der Waals surface area contributed by atoms with Crippen molar-refractivity contribution in [3.63, 3.8) is 0 Å². The van der Waals surface area contributed by atoms with Gasteiger partial charge in [0.05, 0.1) is 0 Å². The number of amides is 1. The Balaban J connectivity index is 1.99. The average Bonchev–Trinajstić information content (AvgIpc) is 2.61. The van der Waals surface area contributed by atoms with Crippen LogP contribution in [0.5, 0.6) is 0 Å². The van der Waals surface area contributed by atoms with Crippen molar-refractivity contribution in [3.05, 3.63) is 35.9 Å². The number of likely N-dealkylation sites (tertiary alicyclic amines) is 1. The van der Waals surface area contributed by atoms with Gasteiger partial charge in [0, 0.05) is 19.5 Å². The van der Waals surface area contributed by atoms with Crippen LogP contribution in [0.2, 0.25) is 0 Å². The molecule has 1 unspecified atom stereocenters. The highest BCUT2D eigenvalue weighted by Crippen LogP contribution is 2.18. The van der Waals surface area contributed by atoms with Crippen molar-refractivity contribution in [2.45, 2.75) is 13.0 Å². The Kier molecular flexibility index (Phi) is 3.02. The predicted molar refractivity (Wildman–Crippen MR) is 59.0 cm³/mol. The zero-order chi connectivity index (χ0) is 10.7. The molecule has 0 saturated carbocycles. The third kappa shape index (κ3) is 2.36. The predicted octanol–water partition coefficient (Wildman–Crippen LogP) is 0.994. The third-order valence-electron chi connectivity index (χ3n) is 2.84. The molecule has 3 heteroatoms. The first-order valence-corrected chi connectivity index (χ1v) is 5.31. The van der Waals surface area contributed by atoms with Gasteiger partial charge in [-0.2, -0.15) is 0 Å². The molecule has 1 aliphatic heterocycles. The van der Waals surface area contributed by atoms with E-state index in [1.54, 1.807) is 0 Å². The topological polar surface area (TPSA) is 46.3 Å². The highest BCUT2D eigenvalue weighted by Gasteiger charge is 2.28. The number of nitrogens with zero attached hydrogens (tertiary/aromatic N) is 1. The largest absolute Gasteiger partial charge is 0.338 e. The van der Waals surface area contributed by atoms with E-state index in [0.717, 1.165) is 13.1 Å². The Morgan fingerprint density at radius 2 is 2.07 bits per heavy atom. The summed E-state index contributed by atoms with van der Waals surface area (Å²) in [4.78, 5) is 13.5. The molecular weight excluding hydrogens is 188 g/mol. The smallest absolute Gasteiger partial charge is 0.223 e. The molecule has 3 nitrogen and oxygen atoms in total. The summed E-state index contributed by atoms with van der Waals surface area (Å²) in [5.74, 6) is 0.579. The van der Waals surface area contributed by atoms with Gasteiger partial charge in [0.2, 0.25) is 5.91 Å².